The van der Waals surface area contributed by atoms with E-state index in [1.54, 1.807) is 11.8 Å². The highest BCUT2D eigenvalue weighted by Crippen LogP contribution is 2.46. The van der Waals surface area contributed by atoms with Crippen LogP contribution in [0, 0.1) is 5.92 Å². The molecule has 0 aliphatic carbocycles. The Morgan fingerprint density at radius 1 is 0.979 bits per heavy atom. The molecule has 48 heavy (non-hydrogen) atoms. The van der Waals surface area contributed by atoms with Gasteiger partial charge in [-0.15, -0.1) is 18.3 Å². The monoisotopic (exact) mass is 694 g/mol. The number of carbonyl (C=O) groups excluding carboxylic acids is 1. The molecule has 8 nitrogen and oxygen atoms in total. The van der Waals surface area contributed by atoms with Gasteiger partial charge < -0.3 is 14.5 Å². The Hall–Kier alpha value is -4.05. The van der Waals surface area contributed by atoms with Crippen LogP contribution in [0.3, 0.4) is 0 Å². The molecule has 1 aliphatic rings. The molecule has 0 saturated carbocycles. The van der Waals surface area contributed by atoms with Gasteiger partial charge in [0, 0.05) is 29.8 Å². The second-order valence-electron chi connectivity index (χ2n) is 11.7. The molecule has 1 aromatic heterocycles. The van der Waals surface area contributed by atoms with Crippen LogP contribution in [0.1, 0.15) is 87.6 Å². The standard InChI is InChI=1S/C31H35F9N6O2/c1-5-8-9-19(6-2)27(47)46-22(7-3)15-26(24-16-23(10-11-25(24)46)48-31(38,39)40)45(28-41-43-44(4)42-28)17-18-12-20(29(32,33)34)14-21(13-18)30(35,36)37/h10-14,16,19,22,26H,5-9,15,17H2,1-4H3/t19-,22?,26?/m1/s1. The van der Waals surface area contributed by atoms with E-state index in [4.69, 9.17) is 0 Å². The van der Waals surface area contributed by atoms with Crippen molar-refractivity contribution in [3.05, 3.63) is 58.7 Å². The third kappa shape index (κ3) is 8.50. The summed E-state index contributed by atoms with van der Waals surface area (Å²) < 4.78 is 127. The maximum absolute atomic E-state index is 14.0. The molecule has 2 aromatic carbocycles. The smallest absolute Gasteiger partial charge is 0.406 e. The summed E-state index contributed by atoms with van der Waals surface area (Å²) in [5.74, 6) is -1.46. The summed E-state index contributed by atoms with van der Waals surface area (Å²) >= 11 is 0. The fraction of sp³-hybridized carbons (Fsp3) is 0.548. The van der Waals surface area contributed by atoms with Gasteiger partial charge in [0.05, 0.1) is 24.2 Å². The maximum Gasteiger partial charge on any atom is 0.573 e. The lowest BCUT2D eigenvalue weighted by atomic mass is 9.86. The summed E-state index contributed by atoms with van der Waals surface area (Å²) in [4.78, 5) is 17.9. The molecule has 0 radical (unpaired) electrons. The lowest BCUT2D eigenvalue weighted by Gasteiger charge is -2.45. The number of benzene rings is 2. The van der Waals surface area contributed by atoms with Gasteiger partial charge in [-0.3, -0.25) is 4.79 Å². The first-order chi connectivity index (χ1) is 22.4. The first-order valence-corrected chi connectivity index (χ1v) is 15.4. The summed E-state index contributed by atoms with van der Waals surface area (Å²) in [5, 5.41) is 11.9. The molecule has 2 heterocycles. The predicted molar refractivity (Wildman–Crippen MR) is 157 cm³/mol. The van der Waals surface area contributed by atoms with Gasteiger partial charge in [-0.25, -0.2) is 0 Å². The quantitative estimate of drug-likeness (QED) is 0.187. The van der Waals surface area contributed by atoms with Gasteiger partial charge in [-0.05, 0) is 72.9 Å². The number of amides is 1. The third-order valence-corrected chi connectivity index (χ3v) is 8.30. The van der Waals surface area contributed by atoms with Crippen molar-refractivity contribution in [2.75, 3.05) is 9.80 Å². The third-order valence-electron chi connectivity index (χ3n) is 8.30. The first kappa shape index (κ1) is 36.8. The molecule has 1 amide bonds. The number of ether oxygens (including phenoxy) is 1. The number of tetrazole rings is 1. The minimum absolute atomic E-state index is 0.00433. The summed E-state index contributed by atoms with van der Waals surface area (Å²) in [7, 11) is 1.39. The van der Waals surface area contributed by atoms with Crippen molar-refractivity contribution in [1.82, 2.24) is 20.2 Å². The number of anilines is 2. The first-order valence-electron chi connectivity index (χ1n) is 15.4. The van der Waals surface area contributed by atoms with Crippen molar-refractivity contribution in [1.29, 1.82) is 0 Å². The Labute approximate surface area is 270 Å². The minimum Gasteiger partial charge on any atom is -0.406 e. The molecule has 4 rings (SSSR count). The van der Waals surface area contributed by atoms with Crippen molar-refractivity contribution >= 4 is 17.5 Å². The zero-order valence-corrected chi connectivity index (χ0v) is 26.5. The van der Waals surface area contributed by atoms with Crippen LogP contribution in [0.5, 0.6) is 5.75 Å². The maximum atomic E-state index is 14.0. The Balaban J connectivity index is 1.92. The molecule has 1 aliphatic heterocycles. The van der Waals surface area contributed by atoms with Crippen LogP contribution in [-0.2, 0) is 30.7 Å². The number of nitrogens with zero attached hydrogens (tertiary/aromatic N) is 6. The van der Waals surface area contributed by atoms with E-state index in [1.165, 1.54) is 18.0 Å². The van der Waals surface area contributed by atoms with Crippen LogP contribution in [-0.4, -0.2) is 38.5 Å². The zero-order valence-electron chi connectivity index (χ0n) is 26.5. The topological polar surface area (TPSA) is 76.4 Å². The van der Waals surface area contributed by atoms with Gasteiger partial charge in [-0.1, -0.05) is 38.7 Å². The number of hydrogen-bond acceptors (Lipinski definition) is 6. The number of fused-ring (bicyclic) bond motifs is 1. The molecule has 17 heteroatoms. The number of aromatic nitrogens is 4. The molecule has 0 bridgehead atoms. The fourth-order valence-corrected chi connectivity index (χ4v) is 6.01. The van der Waals surface area contributed by atoms with E-state index in [0.717, 1.165) is 29.8 Å². The van der Waals surface area contributed by atoms with E-state index in [0.29, 0.717) is 31.4 Å². The van der Waals surface area contributed by atoms with Crippen LogP contribution in [0.25, 0.3) is 0 Å². The molecule has 0 saturated heterocycles. The highest BCUT2D eigenvalue weighted by Gasteiger charge is 2.42. The van der Waals surface area contributed by atoms with E-state index < -0.39 is 65.7 Å². The molecular formula is C31H35F9N6O2. The van der Waals surface area contributed by atoms with Gasteiger partial charge in [0.25, 0.3) is 5.95 Å². The van der Waals surface area contributed by atoms with E-state index in [1.807, 2.05) is 13.8 Å². The largest absolute Gasteiger partial charge is 0.573 e. The predicted octanol–water partition coefficient (Wildman–Crippen LogP) is 8.63. The summed E-state index contributed by atoms with van der Waals surface area (Å²) in [6.45, 7) is 5.02. The summed E-state index contributed by atoms with van der Waals surface area (Å²) in [6.07, 6.45) is -12.2. The minimum atomic E-state index is -5.12. The van der Waals surface area contributed by atoms with E-state index in [9.17, 15) is 44.3 Å². The normalized spacial score (nSPS) is 17.6. The summed E-state index contributed by atoms with van der Waals surface area (Å²) in [5.41, 5.74) is -3.13. The van der Waals surface area contributed by atoms with E-state index >= 15 is 0 Å². The lowest BCUT2D eigenvalue weighted by molar-refractivity contribution is -0.274. The van der Waals surface area contributed by atoms with Crippen molar-refractivity contribution < 1.29 is 49.0 Å². The van der Waals surface area contributed by atoms with Crippen molar-refractivity contribution in [3.63, 3.8) is 0 Å². The number of halogens is 9. The summed E-state index contributed by atoms with van der Waals surface area (Å²) in [6, 6.07) is 3.00. The molecular weight excluding hydrogens is 659 g/mol. The van der Waals surface area contributed by atoms with Crippen LogP contribution >= 0.6 is 0 Å². The Morgan fingerprint density at radius 3 is 2.12 bits per heavy atom. The molecule has 0 N–H and O–H groups in total. The van der Waals surface area contributed by atoms with Gasteiger partial charge in [0.15, 0.2) is 0 Å². The van der Waals surface area contributed by atoms with Gasteiger partial charge >= 0.3 is 18.7 Å². The molecule has 3 atom stereocenters. The second kappa shape index (κ2) is 14.2. The fourth-order valence-electron chi connectivity index (χ4n) is 6.01. The highest BCUT2D eigenvalue weighted by molar-refractivity contribution is 5.97. The molecule has 3 aromatic rings. The molecule has 0 spiro atoms. The Kier molecular flexibility index (Phi) is 10.9. The number of unbranched alkanes of at least 4 members (excludes halogenated alkanes) is 1. The van der Waals surface area contributed by atoms with Crippen LogP contribution in [0.15, 0.2) is 36.4 Å². The average Bonchev–Trinajstić information content (AvgIpc) is 3.43. The van der Waals surface area contributed by atoms with Gasteiger partial charge in [0.1, 0.15) is 5.75 Å². The number of rotatable bonds is 11. The molecule has 0 fully saturated rings. The molecule has 264 valence electrons. The van der Waals surface area contributed by atoms with Crippen molar-refractivity contribution in [2.24, 2.45) is 13.0 Å². The Bertz CT molecular complexity index is 1540. The second-order valence-corrected chi connectivity index (χ2v) is 11.7. The van der Waals surface area contributed by atoms with Gasteiger partial charge in [-0.2, -0.15) is 31.1 Å². The van der Waals surface area contributed by atoms with Crippen LogP contribution in [0.2, 0.25) is 0 Å². The van der Waals surface area contributed by atoms with E-state index in [2.05, 4.69) is 20.1 Å². The Morgan fingerprint density at radius 2 is 1.62 bits per heavy atom. The molecule has 2 unspecified atom stereocenters. The number of aryl methyl sites for hydroxylation is 1. The van der Waals surface area contributed by atoms with Crippen LogP contribution < -0.4 is 14.5 Å². The zero-order chi connectivity index (χ0) is 35.6. The van der Waals surface area contributed by atoms with Crippen molar-refractivity contribution in [3.8, 4) is 5.75 Å². The SMILES string of the molecule is CCCC[C@@H](CC)C(=O)N1c2ccc(OC(F)(F)F)cc2C(N(Cc2cc(C(F)(F)F)cc(C(F)(F)F)c2)c2nnn(C)n2)CC1CC. The highest BCUT2D eigenvalue weighted by atomic mass is 19.4. The number of alkyl halides is 9. The van der Waals surface area contributed by atoms with Gasteiger partial charge in [0.2, 0.25) is 5.91 Å². The van der Waals surface area contributed by atoms with E-state index in [-0.39, 0.29) is 35.6 Å². The number of hydrogen-bond donors (Lipinski definition) is 0. The lowest BCUT2D eigenvalue weighted by Crippen LogP contribution is -2.49. The number of carbonyl (C=O) groups is 1. The van der Waals surface area contributed by atoms with Crippen LogP contribution in [0.4, 0.5) is 51.1 Å². The average molecular weight is 695 g/mol. The van der Waals surface area contributed by atoms with Crippen molar-refractivity contribution in [2.45, 2.75) is 96.6 Å².